The highest BCUT2D eigenvalue weighted by molar-refractivity contribution is 7.99. The van der Waals surface area contributed by atoms with Gasteiger partial charge in [0.2, 0.25) is 11.8 Å². The molecule has 2 aromatic rings. The van der Waals surface area contributed by atoms with Crippen molar-refractivity contribution in [3.05, 3.63) is 41.1 Å². The van der Waals surface area contributed by atoms with Gasteiger partial charge in [-0.3, -0.25) is 0 Å². The van der Waals surface area contributed by atoms with Crippen molar-refractivity contribution in [3.63, 3.8) is 0 Å². The van der Waals surface area contributed by atoms with Crippen LogP contribution in [0.1, 0.15) is 35.1 Å². The average Bonchev–Trinajstić information content (AvgIpc) is 2.84. The van der Waals surface area contributed by atoms with Gasteiger partial charge < -0.3 is 4.42 Å². The zero-order valence-corrected chi connectivity index (χ0v) is 11.9. The maximum atomic E-state index is 12.9. The first kappa shape index (κ1) is 15.4. The third kappa shape index (κ3) is 3.55. The second kappa shape index (κ2) is 5.77. The van der Waals surface area contributed by atoms with E-state index in [0.717, 1.165) is 23.9 Å². The molecular formula is C13H10F3N3OS. The van der Waals surface area contributed by atoms with Crippen molar-refractivity contribution in [1.82, 2.24) is 10.2 Å². The van der Waals surface area contributed by atoms with Crippen molar-refractivity contribution in [3.8, 4) is 6.07 Å². The summed E-state index contributed by atoms with van der Waals surface area (Å²) >= 11 is 1.15. The number of alkyl halides is 3. The van der Waals surface area contributed by atoms with Crippen LogP contribution in [0.4, 0.5) is 13.2 Å². The standard InChI is InChI=1S/C13H10F3N3OS/c1-7(12-19-18-8(2)20-12)21-10-4-3-9(6-17)11(5-10)13(14,15)16/h3-5,7H,1-2H3/t7-/m0/s1. The van der Waals surface area contributed by atoms with Gasteiger partial charge in [-0.25, -0.2) is 0 Å². The smallest absolute Gasteiger partial charge is 0.417 e. The molecule has 4 nitrogen and oxygen atoms in total. The van der Waals surface area contributed by atoms with E-state index in [1.54, 1.807) is 19.9 Å². The number of hydrogen-bond donors (Lipinski definition) is 0. The van der Waals surface area contributed by atoms with Crippen LogP contribution >= 0.6 is 11.8 Å². The Kier molecular flexibility index (Phi) is 4.23. The molecular weight excluding hydrogens is 303 g/mol. The predicted octanol–water partition coefficient (Wildman–Crippen LogP) is 4.12. The topological polar surface area (TPSA) is 62.7 Å². The number of nitrogens with zero attached hydrogens (tertiary/aromatic N) is 3. The van der Waals surface area contributed by atoms with E-state index >= 15 is 0 Å². The van der Waals surface area contributed by atoms with Crippen molar-refractivity contribution in [2.75, 3.05) is 0 Å². The van der Waals surface area contributed by atoms with E-state index in [0.29, 0.717) is 16.7 Å². The summed E-state index contributed by atoms with van der Waals surface area (Å²) in [6.07, 6.45) is -4.56. The van der Waals surface area contributed by atoms with Gasteiger partial charge in [0.15, 0.2) is 0 Å². The highest BCUT2D eigenvalue weighted by atomic mass is 32.2. The van der Waals surface area contributed by atoms with Gasteiger partial charge in [0.25, 0.3) is 0 Å². The van der Waals surface area contributed by atoms with Crippen LogP contribution in [0.3, 0.4) is 0 Å². The number of aryl methyl sites for hydroxylation is 1. The highest BCUT2D eigenvalue weighted by Crippen LogP contribution is 2.38. The summed E-state index contributed by atoms with van der Waals surface area (Å²) in [5.41, 5.74) is -1.34. The third-order valence-electron chi connectivity index (χ3n) is 2.62. The first-order valence-electron chi connectivity index (χ1n) is 5.89. The monoisotopic (exact) mass is 313 g/mol. The lowest BCUT2D eigenvalue weighted by Crippen LogP contribution is -2.08. The van der Waals surface area contributed by atoms with Crippen molar-refractivity contribution in [2.45, 2.75) is 30.2 Å². The van der Waals surface area contributed by atoms with Gasteiger partial charge in [-0.2, -0.15) is 18.4 Å². The lowest BCUT2D eigenvalue weighted by atomic mass is 10.1. The van der Waals surface area contributed by atoms with Crippen molar-refractivity contribution in [1.29, 1.82) is 5.26 Å². The largest absolute Gasteiger partial charge is 0.424 e. The summed E-state index contributed by atoms with van der Waals surface area (Å²) in [7, 11) is 0. The van der Waals surface area contributed by atoms with E-state index < -0.39 is 17.3 Å². The van der Waals surface area contributed by atoms with E-state index in [1.165, 1.54) is 6.07 Å². The van der Waals surface area contributed by atoms with Crippen LogP contribution in [0.2, 0.25) is 0 Å². The number of benzene rings is 1. The van der Waals surface area contributed by atoms with Gasteiger partial charge in [-0.15, -0.1) is 22.0 Å². The summed E-state index contributed by atoms with van der Waals surface area (Å²) in [5.74, 6) is 0.740. The Morgan fingerprint density at radius 1 is 1.33 bits per heavy atom. The maximum absolute atomic E-state index is 12.9. The molecule has 8 heteroatoms. The van der Waals surface area contributed by atoms with Crippen LogP contribution in [0.5, 0.6) is 0 Å². The first-order chi connectivity index (χ1) is 9.81. The van der Waals surface area contributed by atoms with Gasteiger partial charge in [0, 0.05) is 11.8 Å². The summed E-state index contributed by atoms with van der Waals surface area (Å²) < 4.78 is 43.9. The lowest BCUT2D eigenvalue weighted by Gasteiger charge is -2.12. The molecule has 0 bridgehead atoms. The molecule has 1 heterocycles. The minimum atomic E-state index is -4.56. The number of rotatable bonds is 3. The zero-order valence-electron chi connectivity index (χ0n) is 11.1. The van der Waals surface area contributed by atoms with Gasteiger partial charge in [0.05, 0.1) is 22.4 Å². The molecule has 0 N–H and O–H groups in total. The average molecular weight is 313 g/mol. The Balaban J connectivity index is 2.27. The van der Waals surface area contributed by atoms with Crippen molar-refractivity contribution in [2.24, 2.45) is 0 Å². The van der Waals surface area contributed by atoms with E-state index in [9.17, 15) is 13.2 Å². The van der Waals surface area contributed by atoms with Crippen molar-refractivity contribution < 1.29 is 17.6 Å². The van der Waals surface area contributed by atoms with Gasteiger partial charge >= 0.3 is 6.18 Å². The molecule has 0 aliphatic carbocycles. The molecule has 0 fully saturated rings. The summed E-state index contributed by atoms with van der Waals surface area (Å²) in [4.78, 5) is 0.379. The molecule has 0 saturated carbocycles. The number of nitriles is 1. The fourth-order valence-corrected chi connectivity index (χ4v) is 2.60. The molecule has 0 aliphatic rings. The molecule has 110 valence electrons. The first-order valence-corrected chi connectivity index (χ1v) is 6.77. The van der Waals surface area contributed by atoms with Crippen LogP contribution in [-0.4, -0.2) is 10.2 Å². The van der Waals surface area contributed by atoms with Gasteiger partial charge in [-0.05, 0) is 25.1 Å². The van der Waals surface area contributed by atoms with Gasteiger partial charge in [0.1, 0.15) is 0 Å². The SMILES string of the molecule is Cc1nnc([C@H](C)Sc2ccc(C#N)c(C(F)(F)F)c2)o1. The Labute approximate surface area is 123 Å². The van der Waals surface area contributed by atoms with E-state index in [4.69, 9.17) is 9.68 Å². The van der Waals surface area contributed by atoms with Crippen LogP contribution in [0.15, 0.2) is 27.5 Å². The molecule has 1 atom stereocenters. The quantitative estimate of drug-likeness (QED) is 0.798. The molecule has 1 aromatic heterocycles. The Hall–Kier alpha value is -2.01. The Morgan fingerprint density at radius 2 is 2.05 bits per heavy atom. The van der Waals surface area contributed by atoms with Crippen LogP contribution < -0.4 is 0 Å². The molecule has 21 heavy (non-hydrogen) atoms. The molecule has 2 rings (SSSR count). The van der Waals surface area contributed by atoms with Crippen LogP contribution in [0.25, 0.3) is 0 Å². The van der Waals surface area contributed by atoms with Crippen LogP contribution in [0, 0.1) is 18.3 Å². The Morgan fingerprint density at radius 3 is 2.57 bits per heavy atom. The number of halogens is 3. The zero-order chi connectivity index (χ0) is 15.6. The Bertz CT molecular complexity index is 691. The van der Waals surface area contributed by atoms with E-state index in [1.807, 2.05) is 0 Å². The third-order valence-corrected chi connectivity index (χ3v) is 3.70. The van der Waals surface area contributed by atoms with E-state index in [2.05, 4.69) is 10.2 Å². The molecule has 0 saturated heterocycles. The fourth-order valence-electron chi connectivity index (χ4n) is 1.66. The molecule has 0 amide bonds. The van der Waals surface area contributed by atoms with Crippen LogP contribution in [-0.2, 0) is 6.18 Å². The van der Waals surface area contributed by atoms with Crippen molar-refractivity contribution >= 4 is 11.8 Å². The summed E-state index contributed by atoms with van der Waals surface area (Å²) in [5, 5.41) is 16.0. The second-order valence-corrected chi connectivity index (χ2v) is 5.65. The number of hydrogen-bond acceptors (Lipinski definition) is 5. The predicted molar refractivity (Wildman–Crippen MR) is 69.5 cm³/mol. The summed E-state index contributed by atoms with van der Waals surface area (Å²) in [6.45, 7) is 3.39. The lowest BCUT2D eigenvalue weighted by molar-refractivity contribution is -0.137. The fraction of sp³-hybridized carbons (Fsp3) is 0.308. The second-order valence-electron chi connectivity index (χ2n) is 4.24. The van der Waals surface area contributed by atoms with Gasteiger partial charge in [-0.1, -0.05) is 0 Å². The molecule has 0 unspecified atom stereocenters. The number of thioether (sulfide) groups is 1. The molecule has 0 radical (unpaired) electrons. The van der Waals surface area contributed by atoms with E-state index in [-0.39, 0.29) is 5.25 Å². The minimum Gasteiger partial charge on any atom is -0.424 e. The number of aromatic nitrogens is 2. The maximum Gasteiger partial charge on any atom is 0.417 e. The normalized spacial score (nSPS) is 13.0. The molecule has 0 aliphatic heterocycles. The molecule has 1 aromatic carbocycles. The summed E-state index contributed by atoms with van der Waals surface area (Å²) in [6, 6.07) is 5.14. The minimum absolute atomic E-state index is 0.291. The highest BCUT2D eigenvalue weighted by Gasteiger charge is 2.34. The molecule has 0 spiro atoms.